The van der Waals surface area contributed by atoms with Crippen LogP contribution in [-0.2, 0) is 6.54 Å². The van der Waals surface area contributed by atoms with Crippen molar-refractivity contribution in [1.82, 2.24) is 20.8 Å². The van der Waals surface area contributed by atoms with E-state index in [2.05, 4.69) is 25.8 Å². The van der Waals surface area contributed by atoms with Crippen molar-refractivity contribution in [2.24, 2.45) is 4.99 Å². The summed E-state index contributed by atoms with van der Waals surface area (Å²) in [5.74, 6) is 1.55. The molecular weight excluding hydrogens is 397 g/mol. The number of ether oxygens (including phenoxy) is 1. The van der Waals surface area contributed by atoms with Crippen molar-refractivity contribution >= 4 is 17.6 Å². The number of hydrogen-bond donors (Lipinski definition) is 2. The highest BCUT2D eigenvalue weighted by Gasteiger charge is 2.11. The third kappa shape index (κ3) is 6.18. The van der Waals surface area contributed by atoms with Crippen molar-refractivity contribution in [3.05, 3.63) is 65.3 Å². The standard InChI is InChI=1S/C20H21ClFN5O2/c1-13(28-17-8-4-7-16(22)10-17)11-24-20(23-2)25-12-18-26-19(27-29-18)14-5-3-6-15(21)9-14/h3-10,13H,11-12H2,1-2H3,(H2,23,24,25). The Morgan fingerprint density at radius 1 is 1.24 bits per heavy atom. The lowest BCUT2D eigenvalue weighted by molar-refractivity contribution is 0.223. The van der Waals surface area contributed by atoms with Gasteiger partial charge in [-0.15, -0.1) is 0 Å². The molecular formula is C20H21ClFN5O2. The van der Waals surface area contributed by atoms with E-state index in [4.69, 9.17) is 20.9 Å². The number of aliphatic imine (C=N–C) groups is 1. The molecule has 1 atom stereocenters. The molecule has 2 aromatic carbocycles. The van der Waals surface area contributed by atoms with Gasteiger partial charge in [0.05, 0.1) is 13.1 Å². The zero-order valence-corrected chi connectivity index (χ0v) is 16.8. The highest BCUT2D eigenvalue weighted by atomic mass is 35.5. The van der Waals surface area contributed by atoms with E-state index in [1.54, 1.807) is 31.3 Å². The summed E-state index contributed by atoms with van der Waals surface area (Å²) in [5.41, 5.74) is 0.776. The van der Waals surface area contributed by atoms with Crippen LogP contribution in [0.25, 0.3) is 11.4 Å². The quantitative estimate of drug-likeness (QED) is 0.451. The molecule has 2 N–H and O–H groups in total. The molecule has 152 valence electrons. The Labute approximate surface area is 172 Å². The SMILES string of the molecule is CN=C(NCc1nc(-c2cccc(Cl)c2)no1)NCC(C)Oc1cccc(F)c1. The van der Waals surface area contributed by atoms with Gasteiger partial charge in [-0.05, 0) is 31.2 Å². The first-order valence-electron chi connectivity index (χ1n) is 8.99. The van der Waals surface area contributed by atoms with E-state index in [9.17, 15) is 4.39 Å². The van der Waals surface area contributed by atoms with Gasteiger partial charge in [-0.25, -0.2) is 4.39 Å². The van der Waals surface area contributed by atoms with E-state index in [0.29, 0.717) is 41.5 Å². The maximum absolute atomic E-state index is 13.2. The lowest BCUT2D eigenvalue weighted by Gasteiger charge is -2.17. The first kappa shape index (κ1) is 20.6. The van der Waals surface area contributed by atoms with Crippen LogP contribution in [-0.4, -0.2) is 35.8 Å². The molecule has 0 bridgehead atoms. The highest BCUT2D eigenvalue weighted by molar-refractivity contribution is 6.30. The molecule has 9 heteroatoms. The molecule has 0 aliphatic carbocycles. The van der Waals surface area contributed by atoms with Gasteiger partial charge in [0.25, 0.3) is 0 Å². The first-order chi connectivity index (χ1) is 14.0. The molecule has 0 amide bonds. The second-order valence-electron chi connectivity index (χ2n) is 6.21. The van der Waals surface area contributed by atoms with Crippen LogP contribution in [0.3, 0.4) is 0 Å². The largest absolute Gasteiger partial charge is 0.489 e. The van der Waals surface area contributed by atoms with Gasteiger partial charge in [0.15, 0.2) is 5.96 Å². The van der Waals surface area contributed by atoms with Crippen molar-refractivity contribution in [3.63, 3.8) is 0 Å². The fraction of sp³-hybridized carbons (Fsp3) is 0.250. The van der Waals surface area contributed by atoms with Crippen LogP contribution < -0.4 is 15.4 Å². The minimum absolute atomic E-state index is 0.201. The zero-order chi connectivity index (χ0) is 20.6. The van der Waals surface area contributed by atoms with Gasteiger partial charge < -0.3 is 19.9 Å². The van der Waals surface area contributed by atoms with Crippen molar-refractivity contribution in [1.29, 1.82) is 0 Å². The van der Waals surface area contributed by atoms with Crippen LogP contribution in [0.1, 0.15) is 12.8 Å². The highest BCUT2D eigenvalue weighted by Crippen LogP contribution is 2.19. The Hall–Kier alpha value is -3.13. The molecule has 1 aromatic heterocycles. The van der Waals surface area contributed by atoms with Crippen LogP contribution in [0, 0.1) is 5.82 Å². The lowest BCUT2D eigenvalue weighted by atomic mass is 10.2. The van der Waals surface area contributed by atoms with Gasteiger partial charge in [0.1, 0.15) is 17.7 Å². The Morgan fingerprint density at radius 3 is 2.83 bits per heavy atom. The van der Waals surface area contributed by atoms with Crippen molar-refractivity contribution in [3.8, 4) is 17.1 Å². The summed E-state index contributed by atoms with van der Waals surface area (Å²) in [4.78, 5) is 8.49. The third-order valence-electron chi connectivity index (χ3n) is 3.87. The molecule has 0 spiro atoms. The van der Waals surface area contributed by atoms with Crippen LogP contribution in [0.5, 0.6) is 5.75 Å². The van der Waals surface area contributed by atoms with Gasteiger partial charge in [-0.3, -0.25) is 4.99 Å². The normalized spacial score (nSPS) is 12.5. The number of nitrogens with one attached hydrogen (secondary N) is 2. The summed E-state index contributed by atoms with van der Waals surface area (Å²) >= 11 is 5.99. The molecule has 29 heavy (non-hydrogen) atoms. The lowest BCUT2D eigenvalue weighted by Crippen LogP contribution is -2.41. The molecule has 3 aromatic rings. The maximum Gasteiger partial charge on any atom is 0.246 e. The summed E-state index contributed by atoms with van der Waals surface area (Å²) in [7, 11) is 1.65. The van der Waals surface area contributed by atoms with Gasteiger partial charge in [0, 0.05) is 23.7 Å². The number of nitrogens with zero attached hydrogens (tertiary/aromatic N) is 3. The molecule has 0 radical (unpaired) electrons. The predicted octanol–water partition coefficient (Wildman–Crippen LogP) is 3.66. The Balaban J connectivity index is 1.48. The van der Waals surface area contributed by atoms with Gasteiger partial charge in [0.2, 0.25) is 11.7 Å². The van der Waals surface area contributed by atoms with E-state index >= 15 is 0 Å². The molecule has 0 saturated carbocycles. The predicted molar refractivity (Wildman–Crippen MR) is 109 cm³/mol. The molecule has 7 nitrogen and oxygen atoms in total. The number of rotatable bonds is 7. The fourth-order valence-electron chi connectivity index (χ4n) is 2.51. The number of guanidine groups is 1. The average Bonchev–Trinajstić information content (AvgIpc) is 3.17. The molecule has 0 aliphatic rings. The van der Waals surface area contributed by atoms with Gasteiger partial charge in [-0.1, -0.05) is 35.0 Å². The fourth-order valence-corrected chi connectivity index (χ4v) is 2.70. The summed E-state index contributed by atoms with van der Waals surface area (Å²) in [6.07, 6.45) is -0.201. The summed E-state index contributed by atoms with van der Waals surface area (Å²) in [6.45, 7) is 2.64. The number of benzene rings is 2. The Bertz CT molecular complexity index is 979. The summed E-state index contributed by atoms with van der Waals surface area (Å²) < 4.78 is 24.2. The number of aromatic nitrogens is 2. The van der Waals surface area contributed by atoms with Crippen molar-refractivity contribution in [2.75, 3.05) is 13.6 Å². The molecule has 3 rings (SSSR count). The topological polar surface area (TPSA) is 84.6 Å². The first-order valence-corrected chi connectivity index (χ1v) is 9.36. The van der Waals surface area contributed by atoms with Crippen molar-refractivity contribution < 1.29 is 13.7 Å². The third-order valence-corrected chi connectivity index (χ3v) is 4.11. The summed E-state index contributed by atoms with van der Waals surface area (Å²) in [6, 6.07) is 13.3. The average molecular weight is 418 g/mol. The van der Waals surface area contributed by atoms with Crippen LogP contribution in [0.15, 0.2) is 58.0 Å². The van der Waals surface area contributed by atoms with Crippen LogP contribution in [0.2, 0.25) is 5.02 Å². The van der Waals surface area contributed by atoms with E-state index in [1.807, 2.05) is 19.1 Å². The summed E-state index contributed by atoms with van der Waals surface area (Å²) in [5, 5.41) is 10.8. The van der Waals surface area contributed by atoms with Gasteiger partial charge >= 0.3 is 0 Å². The molecule has 0 saturated heterocycles. The van der Waals surface area contributed by atoms with E-state index in [-0.39, 0.29) is 11.9 Å². The van der Waals surface area contributed by atoms with Crippen LogP contribution in [0.4, 0.5) is 4.39 Å². The maximum atomic E-state index is 13.2. The van der Waals surface area contributed by atoms with E-state index in [1.165, 1.54) is 12.1 Å². The second kappa shape index (κ2) is 9.88. The number of hydrogen-bond acceptors (Lipinski definition) is 5. The Kier molecular flexibility index (Phi) is 7.02. The second-order valence-corrected chi connectivity index (χ2v) is 6.65. The molecule has 1 unspecified atom stereocenters. The monoisotopic (exact) mass is 417 g/mol. The van der Waals surface area contributed by atoms with Crippen molar-refractivity contribution in [2.45, 2.75) is 19.6 Å². The Morgan fingerprint density at radius 2 is 2.07 bits per heavy atom. The molecule has 1 heterocycles. The number of halogens is 2. The van der Waals surface area contributed by atoms with E-state index in [0.717, 1.165) is 5.56 Å². The minimum atomic E-state index is -0.336. The zero-order valence-electron chi connectivity index (χ0n) is 16.0. The molecule has 0 aliphatic heterocycles. The van der Waals surface area contributed by atoms with Crippen LogP contribution >= 0.6 is 11.6 Å². The smallest absolute Gasteiger partial charge is 0.246 e. The minimum Gasteiger partial charge on any atom is -0.489 e. The van der Waals surface area contributed by atoms with Gasteiger partial charge in [-0.2, -0.15) is 4.98 Å². The van der Waals surface area contributed by atoms with E-state index < -0.39 is 0 Å². The molecule has 0 fully saturated rings.